The molecule has 86 valence electrons. The fourth-order valence-corrected chi connectivity index (χ4v) is 1.67. The van der Waals surface area contributed by atoms with Gasteiger partial charge >= 0.3 is 11.9 Å². The van der Waals surface area contributed by atoms with E-state index >= 15 is 0 Å². The largest absolute Gasteiger partial charge is 0.481 e. The molecule has 0 saturated carbocycles. The third kappa shape index (κ3) is 3.49. The molecule has 1 aliphatic rings. The second kappa shape index (κ2) is 5.09. The van der Waals surface area contributed by atoms with Crippen molar-refractivity contribution >= 4 is 11.9 Å². The van der Waals surface area contributed by atoms with Crippen molar-refractivity contribution in [3.05, 3.63) is 0 Å². The molecule has 1 fully saturated rings. The van der Waals surface area contributed by atoms with Crippen LogP contribution in [0.15, 0.2) is 0 Å². The molecule has 1 saturated heterocycles. The Hall–Kier alpha value is -1.14. The molecule has 0 aromatic carbocycles. The zero-order valence-electron chi connectivity index (χ0n) is 8.72. The summed E-state index contributed by atoms with van der Waals surface area (Å²) in [7, 11) is 1.96. The molecule has 0 amide bonds. The first-order valence-electron chi connectivity index (χ1n) is 4.88. The summed E-state index contributed by atoms with van der Waals surface area (Å²) >= 11 is 0. The summed E-state index contributed by atoms with van der Waals surface area (Å²) < 4.78 is 0. The maximum Gasteiger partial charge on any atom is 0.321 e. The van der Waals surface area contributed by atoms with Gasteiger partial charge in [-0.2, -0.15) is 0 Å². The number of rotatable bonds is 4. The SMILES string of the molecule is CN1CCN(C(CC(=O)O)C(=O)O)CC1. The lowest BCUT2D eigenvalue weighted by Crippen LogP contribution is -2.52. The van der Waals surface area contributed by atoms with Crippen LogP contribution in [0.4, 0.5) is 0 Å². The molecule has 0 spiro atoms. The second-order valence-electron chi connectivity index (χ2n) is 3.79. The zero-order chi connectivity index (χ0) is 11.4. The smallest absolute Gasteiger partial charge is 0.321 e. The summed E-state index contributed by atoms with van der Waals surface area (Å²) in [6.07, 6.45) is -0.334. The van der Waals surface area contributed by atoms with Crippen LogP contribution in [-0.2, 0) is 9.59 Å². The summed E-state index contributed by atoms with van der Waals surface area (Å²) in [6, 6.07) is -0.892. The molecule has 2 N–H and O–H groups in total. The molecule has 1 heterocycles. The van der Waals surface area contributed by atoms with Crippen molar-refractivity contribution in [2.75, 3.05) is 33.2 Å². The fourth-order valence-electron chi connectivity index (χ4n) is 1.67. The van der Waals surface area contributed by atoms with E-state index in [2.05, 4.69) is 4.90 Å². The maximum atomic E-state index is 10.9. The van der Waals surface area contributed by atoms with Crippen molar-refractivity contribution in [3.8, 4) is 0 Å². The van der Waals surface area contributed by atoms with E-state index in [1.165, 1.54) is 0 Å². The van der Waals surface area contributed by atoms with Gasteiger partial charge in [0, 0.05) is 26.2 Å². The minimum atomic E-state index is -1.07. The first kappa shape index (κ1) is 11.9. The van der Waals surface area contributed by atoms with Gasteiger partial charge < -0.3 is 15.1 Å². The van der Waals surface area contributed by atoms with Crippen molar-refractivity contribution in [2.24, 2.45) is 0 Å². The molecule has 1 rings (SSSR count). The molecule has 0 bridgehead atoms. The second-order valence-corrected chi connectivity index (χ2v) is 3.79. The number of hydrogen-bond donors (Lipinski definition) is 2. The number of carboxylic acids is 2. The van der Waals surface area contributed by atoms with Crippen LogP contribution in [0.25, 0.3) is 0 Å². The number of aliphatic carboxylic acids is 2. The van der Waals surface area contributed by atoms with Crippen LogP contribution in [0.3, 0.4) is 0 Å². The summed E-state index contributed by atoms with van der Waals surface area (Å²) in [6.45, 7) is 2.79. The van der Waals surface area contributed by atoms with Gasteiger partial charge in [0.05, 0.1) is 6.42 Å². The molecule has 15 heavy (non-hydrogen) atoms. The third-order valence-corrected chi connectivity index (χ3v) is 2.63. The zero-order valence-corrected chi connectivity index (χ0v) is 8.72. The first-order chi connectivity index (χ1) is 7.00. The fraction of sp³-hybridized carbons (Fsp3) is 0.778. The molecule has 6 nitrogen and oxygen atoms in total. The Morgan fingerprint density at radius 3 is 2.13 bits per heavy atom. The highest BCUT2D eigenvalue weighted by molar-refractivity contribution is 5.80. The monoisotopic (exact) mass is 216 g/mol. The Morgan fingerprint density at radius 2 is 1.73 bits per heavy atom. The van der Waals surface area contributed by atoms with Crippen molar-refractivity contribution < 1.29 is 19.8 Å². The number of carboxylic acid groups (broad SMARTS) is 2. The Balaban J connectivity index is 2.56. The third-order valence-electron chi connectivity index (χ3n) is 2.63. The molecule has 0 aromatic heterocycles. The van der Waals surface area contributed by atoms with Crippen LogP contribution in [0.1, 0.15) is 6.42 Å². The van der Waals surface area contributed by atoms with Crippen LogP contribution in [0.5, 0.6) is 0 Å². The van der Waals surface area contributed by atoms with E-state index in [0.29, 0.717) is 13.1 Å². The van der Waals surface area contributed by atoms with Gasteiger partial charge in [0.15, 0.2) is 0 Å². The lowest BCUT2D eigenvalue weighted by atomic mass is 10.1. The van der Waals surface area contributed by atoms with Gasteiger partial charge in [0.1, 0.15) is 6.04 Å². The molecule has 1 atom stereocenters. The molecular weight excluding hydrogens is 200 g/mol. The van der Waals surface area contributed by atoms with Gasteiger partial charge in [-0.3, -0.25) is 14.5 Å². The van der Waals surface area contributed by atoms with E-state index in [1.54, 1.807) is 4.90 Å². The summed E-state index contributed by atoms with van der Waals surface area (Å²) in [5.41, 5.74) is 0. The molecule has 1 unspecified atom stereocenters. The Morgan fingerprint density at radius 1 is 1.20 bits per heavy atom. The maximum absolute atomic E-state index is 10.9. The molecule has 0 aromatic rings. The van der Waals surface area contributed by atoms with E-state index in [1.807, 2.05) is 7.05 Å². The summed E-state index contributed by atoms with van der Waals surface area (Å²) in [5.74, 6) is -2.12. The Kier molecular flexibility index (Phi) is 4.05. The van der Waals surface area contributed by atoms with Gasteiger partial charge in [0.25, 0.3) is 0 Å². The van der Waals surface area contributed by atoms with Crippen LogP contribution < -0.4 is 0 Å². The van der Waals surface area contributed by atoms with Gasteiger partial charge in [-0.25, -0.2) is 0 Å². The van der Waals surface area contributed by atoms with E-state index in [4.69, 9.17) is 10.2 Å². The Bertz CT molecular complexity index is 248. The van der Waals surface area contributed by atoms with Crippen molar-refractivity contribution in [1.82, 2.24) is 9.80 Å². The predicted molar refractivity (Wildman–Crippen MR) is 52.7 cm³/mol. The highest BCUT2D eigenvalue weighted by atomic mass is 16.4. The highest BCUT2D eigenvalue weighted by Crippen LogP contribution is 2.09. The highest BCUT2D eigenvalue weighted by Gasteiger charge is 2.29. The summed E-state index contributed by atoms with van der Waals surface area (Å²) in [4.78, 5) is 25.2. The molecular formula is C9H16N2O4. The first-order valence-corrected chi connectivity index (χ1v) is 4.88. The van der Waals surface area contributed by atoms with E-state index in [-0.39, 0.29) is 6.42 Å². The number of likely N-dealkylation sites (N-methyl/N-ethyl adjacent to an activating group) is 1. The Labute approximate surface area is 88.1 Å². The number of piperazine rings is 1. The minimum absolute atomic E-state index is 0.334. The van der Waals surface area contributed by atoms with Crippen molar-refractivity contribution in [3.63, 3.8) is 0 Å². The minimum Gasteiger partial charge on any atom is -0.481 e. The molecule has 1 aliphatic heterocycles. The number of nitrogens with zero attached hydrogens (tertiary/aromatic N) is 2. The van der Waals surface area contributed by atoms with E-state index in [0.717, 1.165) is 13.1 Å². The average Bonchev–Trinajstić information content (AvgIpc) is 2.15. The van der Waals surface area contributed by atoms with Crippen molar-refractivity contribution in [2.45, 2.75) is 12.5 Å². The van der Waals surface area contributed by atoms with Crippen LogP contribution >= 0.6 is 0 Å². The lowest BCUT2D eigenvalue weighted by molar-refractivity contribution is -0.150. The summed E-state index contributed by atoms with van der Waals surface area (Å²) in [5, 5.41) is 17.5. The normalized spacial score (nSPS) is 21.1. The standard InChI is InChI=1S/C9H16N2O4/c1-10-2-4-11(5-3-10)7(9(14)15)6-8(12)13/h7H,2-6H2,1H3,(H,12,13)(H,14,15). The predicted octanol–water partition coefficient (Wildman–Crippen LogP) is -0.838. The molecule has 0 radical (unpaired) electrons. The van der Waals surface area contributed by atoms with Gasteiger partial charge in [-0.05, 0) is 7.05 Å². The lowest BCUT2D eigenvalue weighted by Gasteiger charge is -2.35. The van der Waals surface area contributed by atoms with Crippen LogP contribution in [-0.4, -0.2) is 71.2 Å². The quantitative estimate of drug-likeness (QED) is 0.638. The van der Waals surface area contributed by atoms with Gasteiger partial charge in [-0.1, -0.05) is 0 Å². The van der Waals surface area contributed by atoms with E-state index < -0.39 is 18.0 Å². The van der Waals surface area contributed by atoms with Gasteiger partial charge in [-0.15, -0.1) is 0 Å². The molecule has 6 heteroatoms. The topological polar surface area (TPSA) is 81.1 Å². The van der Waals surface area contributed by atoms with Crippen LogP contribution in [0, 0.1) is 0 Å². The average molecular weight is 216 g/mol. The molecule has 0 aliphatic carbocycles. The number of hydrogen-bond acceptors (Lipinski definition) is 4. The van der Waals surface area contributed by atoms with Gasteiger partial charge in [0.2, 0.25) is 0 Å². The number of carbonyl (C=O) groups is 2. The van der Waals surface area contributed by atoms with Crippen molar-refractivity contribution in [1.29, 1.82) is 0 Å². The van der Waals surface area contributed by atoms with E-state index in [9.17, 15) is 9.59 Å². The van der Waals surface area contributed by atoms with Crippen LogP contribution in [0.2, 0.25) is 0 Å².